The van der Waals surface area contributed by atoms with E-state index in [0.717, 1.165) is 58.3 Å². The first kappa shape index (κ1) is 29.8. The van der Waals surface area contributed by atoms with Crippen LogP contribution >= 0.6 is 0 Å². The van der Waals surface area contributed by atoms with Crippen LogP contribution in [0.2, 0.25) is 0 Å². The molecule has 216 valence electrons. The molecular formula is C32H52O6. The molecule has 1 spiro atoms. The number of hydrogen-bond acceptors (Lipinski definition) is 5. The van der Waals surface area contributed by atoms with Crippen LogP contribution < -0.4 is 0 Å². The third kappa shape index (κ3) is 8.64. The van der Waals surface area contributed by atoms with Gasteiger partial charge in [0, 0.05) is 30.8 Å². The molecule has 0 aromatic heterocycles. The van der Waals surface area contributed by atoms with Gasteiger partial charge in [0.25, 0.3) is 0 Å². The highest BCUT2D eigenvalue weighted by molar-refractivity contribution is 5.66. The van der Waals surface area contributed by atoms with Gasteiger partial charge in [-0.15, -0.1) is 0 Å². The number of hydrogen-bond donors (Lipinski definition) is 1. The minimum absolute atomic E-state index is 0.0406. The lowest BCUT2D eigenvalue weighted by atomic mass is 9.85. The topological polar surface area (TPSA) is 74.2 Å². The summed E-state index contributed by atoms with van der Waals surface area (Å²) in [6.07, 6.45) is 24.7. The van der Waals surface area contributed by atoms with Crippen LogP contribution in [0.5, 0.6) is 0 Å². The Hall–Kier alpha value is -1.21. The highest BCUT2D eigenvalue weighted by Crippen LogP contribution is 2.50. The molecule has 4 atom stereocenters. The minimum Gasteiger partial charge on any atom is -0.481 e. The largest absolute Gasteiger partial charge is 0.481 e. The first-order valence-corrected chi connectivity index (χ1v) is 15.5. The molecule has 2 saturated carbocycles. The van der Waals surface area contributed by atoms with Crippen molar-refractivity contribution in [3.63, 3.8) is 0 Å². The quantitative estimate of drug-likeness (QED) is 0.220. The molecule has 2 aliphatic carbocycles. The third-order valence-corrected chi connectivity index (χ3v) is 9.02. The first-order valence-electron chi connectivity index (χ1n) is 15.5. The lowest BCUT2D eigenvalue weighted by molar-refractivity contribution is -0.316. The molecule has 0 amide bonds. The van der Waals surface area contributed by atoms with Gasteiger partial charge in [-0.1, -0.05) is 63.8 Å². The molecule has 0 radical (unpaired) electrons. The molecule has 0 aromatic carbocycles. The lowest BCUT2D eigenvalue weighted by Gasteiger charge is -2.45. The van der Waals surface area contributed by atoms with Gasteiger partial charge in [-0.05, 0) is 69.6 Å². The summed E-state index contributed by atoms with van der Waals surface area (Å²) >= 11 is 0. The average Bonchev–Trinajstić information content (AvgIpc) is 3.05. The maximum absolute atomic E-state index is 10.8. The maximum Gasteiger partial charge on any atom is 0.303 e. The van der Waals surface area contributed by atoms with E-state index in [1.54, 1.807) is 0 Å². The Morgan fingerprint density at radius 2 is 1.68 bits per heavy atom. The second kappa shape index (κ2) is 14.4. The molecular weight excluding hydrogens is 480 g/mol. The van der Waals surface area contributed by atoms with Gasteiger partial charge in [-0.3, -0.25) is 4.79 Å². The van der Waals surface area contributed by atoms with Crippen molar-refractivity contribution in [2.45, 2.75) is 128 Å². The highest BCUT2D eigenvalue weighted by Gasteiger charge is 2.52. The molecule has 38 heavy (non-hydrogen) atoms. The van der Waals surface area contributed by atoms with Crippen molar-refractivity contribution in [1.29, 1.82) is 0 Å². The Balaban J connectivity index is 1.45. The van der Waals surface area contributed by atoms with Crippen LogP contribution in [-0.2, 0) is 23.7 Å². The Morgan fingerprint density at radius 1 is 0.974 bits per heavy atom. The molecule has 6 heteroatoms. The van der Waals surface area contributed by atoms with Crippen LogP contribution in [0.3, 0.4) is 0 Å². The normalized spacial score (nSPS) is 31.2. The predicted molar refractivity (Wildman–Crippen MR) is 149 cm³/mol. The van der Waals surface area contributed by atoms with Crippen molar-refractivity contribution in [2.75, 3.05) is 19.8 Å². The van der Waals surface area contributed by atoms with Gasteiger partial charge in [-0.25, -0.2) is 0 Å². The number of allylic oxidation sites excluding steroid dienone is 3. The van der Waals surface area contributed by atoms with Crippen molar-refractivity contribution in [3.05, 3.63) is 24.3 Å². The summed E-state index contributed by atoms with van der Waals surface area (Å²) in [4.78, 5) is 10.8. The second-order valence-electron chi connectivity index (χ2n) is 12.9. The fraction of sp³-hybridized carbons (Fsp3) is 0.844. The summed E-state index contributed by atoms with van der Waals surface area (Å²) < 4.78 is 25.7. The maximum atomic E-state index is 10.8. The van der Waals surface area contributed by atoms with Crippen LogP contribution in [0, 0.1) is 23.2 Å². The van der Waals surface area contributed by atoms with Crippen LogP contribution in [0.4, 0.5) is 0 Å². The van der Waals surface area contributed by atoms with Crippen molar-refractivity contribution < 1.29 is 28.8 Å². The summed E-state index contributed by atoms with van der Waals surface area (Å²) in [7, 11) is 0. The fourth-order valence-electron chi connectivity index (χ4n) is 6.74. The lowest BCUT2D eigenvalue weighted by Crippen LogP contribution is -2.50. The van der Waals surface area contributed by atoms with Gasteiger partial charge in [0.05, 0.1) is 19.3 Å². The second-order valence-corrected chi connectivity index (χ2v) is 12.9. The molecule has 1 N–H and O–H groups in total. The number of carbonyl (C=O) groups is 1. The van der Waals surface area contributed by atoms with Crippen molar-refractivity contribution >= 4 is 5.97 Å². The van der Waals surface area contributed by atoms with Crippen LogP contribution in [0.15, 0.2) is 24.3 Å². The van der Waals surface area contributed by atoms with Gasteiger partial charge in [0.15, 0.2) is 12.1 Å². The molecule has 6 nitrogen and oxygen atoms in total. The Kier molecular flexibility index (Phi) is 11.3. The summed E-state index contributed by atoms with van der Waals surface area (Å²) in [5.41, 5.74) is 0.0406. The molecule has 4 fully saturated rings. The average molecular weight is 533 g/mol. The van der Waals surface area contributed by atoms with Gasteiger partial charge < -0.3 is 24.1 Å². The van der Waals surface area contributed by atoms with E-state index in [-0.39, 0.29) is 30.1 Å². The number of rotatable bonds is 11. The molecule has 4 aliphatic rings. The van der Waals surface area contributed by atoms with Crippen LogP contribution in [-0.4, -0.2) is 49.1 Å². The molecule has 4 rings (SSSR count). The smallest absolute Gasteiger partial charge is 0.303 e. The zero-order valence-corrected chi connectivity index (χ0v) is 23.9. The molecule has 2 heterocycles. The fourth-order valence-corrected chi connectivity index (χ4v) is 6.74. The third-order valence-electron chi connectivity index (χ3n) is 9.02. The number of aliphatic carboxylic acids is 1. The van der Waals surface area contributed by atoms with E-state index in [1.165, 1.54) is 44.9 Å². The van der Waals surface area contributed by atoms with Crippen molar-refractivity contribution in [2.24, 2.45) is 23.2 Å². The molecule has 0 bridgehead atoms. The Morgan fingerprint density at radius 3 is 2.37 bits per heavy atom. The summed E-state index contributed by atoms with van der Waals surface area (Å²) in [6.45, 7) is 6.66. The van der Waals surface area contributed by atoms with E-state index in [0.29, 0.717) is 18.3 Å². The van der Waals surface area contributed by atoms with E-state index < -0.39 is 11.8 Å². The number of carboxylic acids is 1. The summed E-state index contributed by atoms with van der Waals surface area (Å²) in [5, 5.41) is 8.91. The van der Waals surface area contributed by atoms with Gasteiger partial charge >= 0.3 is 5.97 Å². The Bertz CT molecular complexity index is 765. The van der Waals surface area contributed by atoms with Gasteiger partial charge in [0.1, 0.15) is 0 Å². The number of carboxylic acid groups (broad SMARTS) is 1. The molecule has 2 saturated heterocycles. The zero-order valence-electron chi connectivity index (χ0n) is 23.9. The van der Waals surface area contributed by atoms with Crippen LogP contribution in [0.1, 0.15) is 110 Å². The van der Waals surface area contributed by atoms with Gasteiger partial charge in [0.2, 0.25) is 0 Å². The van der Waals surface area contributed by atoms with Gasteiger partial charge in [-0.2, -0.15) is 0 Å². The first-order chi connectivity index (χ1) is 18.4. The molecule has 0 aromatic rings. The van der Waals surface area contributed by atoms with Crippen molar-refractivity contribution in [3.8, 4) is 0 Å². The minimum atomic E-state index is -0.745. The number of ether oxygens (including phenoxy) is 4. The SMILES string of the molecule is CC1(C)COC2(CCC(/C=C/C(OC3CCCCO3)C3CCCCCC3)C2CC/C=C\CCC(=O)O)OC1. The predicted octanol–water partition coefficient (Wildman–Crippen LogP) is 7.42. The monoisotopic (exact) mass is 532 g/mol. The van der Waals surface area contributed by atoms with Crippen molar-refractivity contribution in [1.82, 2.24) is 0 Å². The standard InChI is InChI=1S/C32H52O6/c1-31(2)23-36-32(37-24-31)21-20-25(27(32)15-9-5-6-10-16-29(33)34)18-19-28(26-13-7-3-4-8-14-26)38-30-17-11-12-22-35-30/h5-6,18-19,25-28,30H,3-4,7-17,20-24H2,1-2H3,(H,33,34)/b6-5-,19-18+. The van der Waals surface area contributed by atoms with E-state index in [2.05, 4.69) is 32.1 Å². The molecule has 4 unspecified atom stereocenters. The summed E-state index contributed by atoms with van der Waals surface area (Å²) in [6, 6.07) is 0. The van der Waals surface area contributed by atoms with E-state index in [4.69, 9.17) is 24.1 Å². The highest BCUT2D eigenvalue weighted by atomic mass is 16.7. The van der Waals surface area contributed by atoms with E-state index in [1.807, 2.05) is 6.08 Å². The molecule has 2 aliphatic heterocycles. The van der Waals surface area contributed by atoms with E-state index in [9.17, 15) is 4.79 Å². The Labute approximate surface area is 230 Å². The van der Waals surface area contributed by atoms with Crippen LogP contribution in [0.25, 0.3) is 0 Å². The summed E-state index contributed by atoms with van der Waals surface area (Å²) in [5.74, 6) is -0.0316. The van der Waals surface area contributed by atoms with E-state index >= 15 is 0 Å². The zero-order chi connectivity index (χ0) is 26.8.